The van der Waals surface area contributed by atoms with Crippen LogP contribution >= 0.6 is 0 Å². The number of halogens is 3. The number of aromatic nitrogens is 2. The van der Waals surface area contributed by atoms with Crippen LogP contribution in [0.3, 0.4) is 0 Å². The highest BCUT2D eigenvalue weighted by molar-refractivity contribution is 5.56. The van der Waals surface area contributed by atoms with E-state index in [1.54, 1.807) is 0 Å². The van der Waals surface area contributed by atoms with Crippen molar-refractivity contribution in [1.82, 2.24) is 20.6 Å². The highest BCUT2D eigenvalue weighted by Crippen LogP contribution is 2.31. The SMILES string of the molecule is Cc1cccc(CNC2(Cc3nc(-c4ccc(C(F)(F)F)cc4)[nH]c3C)CCNCC2)c1. The van der Waals surface area contributed by atoms with E-state index in [1.165, 1.54) is 23.3 Å². The van der Waals surface area contributed by atoms with Crippen LogP contribution in [0.15, 0.2) is 48.5 Å². The summed E-state index contributed by atoms with van der Waals surface area (Å²) in [6, 6.07) is 13.7. The van der Waals surface area contributed by atoms with Gasteiger partial charge in [0.05, 0.1) is 11.3 Å². The van der Waals surface area contributed by atoms with E-state index in [4.69, 9.17) is 4.98 Å². The lowest BCUT2D eigenvalue weighted by Gasteiger charge is -2.38. The first-order valence-electron chi connectivity index (χ1n) is 11.0. The molecule has 32 heavy (non-hydrogen) atoms. The van der Waals surface area contributed by atoms with E-state index < -0.39 is 11.7 Å². The van der Waals surface area contributed by atoms with Gasteiger partial charge in [-0.05, 0) is 57.5 Å². The Morgan fingerprint density at radius 2 is 1.75 bits per heavy atom. The molecule has 0 radical (unpaired) electrons. The first-order valence-corrected chi connectivity index (χ1v) is 11.0. The third-order valence-corrected chi connectivity index (χ3v) is 6.29. The Hall–Kier alpha value is -2.64. The van der Waals surface area contributed by atoms with Gasteiger partial charge in [-0.15, -0.1) is 0 Å². The number of imidazole rings is 1. The number of nitrogens with zero attached hydrogens (tertiary/aromatic N) is 1. The molecule has 0 bridgehead atoms. The van der Waals surface area contributed by atoms with Crippen LogP contribution in [0.25, 0.3) is 11.4 Å². The normalized spacial score (nSPS) is 16.3. The summed E-state index contributed by atoms with van der Waals surface area (Å²) in [4.78, 5) is 8.05. The Morgan fingerprint density at radius 3 is 2.41 bits per heavy atom. The van der Waals surface area contributed by atoms with Crippen molar-refractivity contribution in [2.75, 3.05) is 13.1 Å². The number of piperidine rings is 1. The topological polar surface area (TPSA) is 52.7 Å². The second kappa shape index (κ2) is 9.08. The van der Waals surface area contributed by atoms with Gasteiger partial charge in [-0.25, -0.2) is 4.98 Å². The van der Waals surface area contributed by atoms with Crippen LogP contribution in [-0.4, -0.2) is 28.6 Å². The molecule has 2 heterocycles. The minimum atomic E-state index is -4.34. The molecular weight excluding hydrogens is 413 g/mol. The van der Waals surface area contributed by atoms with Crippen molar-refractivity contribution in [2.45, 2.75) is 51.4 Å². The lowest BCUT2D eigenvalue weighted by atomic mass is 9.83. The number of hydrogen-bond donors (Lipinski definition) is 3. The van der Waals surface area contributed by atoms with Crippen LogP contribution in [0.5, 0.6) is 0 Å². The molecule has 0 unspecified atom stereocenters. The molecule has 4 rings (SSSR count). The van der Waals surface area contributed by atoms with Gasteiger partial charge >= 0.3 is 6.18 Å². The second-order valence-corrected chi connectivity index (χ2v) is 8.78. The van der Waals surface area contributed by atoms with Gasteiger partial charge in [-0.3, -0.25) is 0 Å². The van der Waals surface area contributed by atoms with Gasteiger partial charge < -0.3 is 15.6 Å². The van der Waals surface area contributed by atoms with Gasteiger partial charge in [-0.1, -0.05) is 42.0 Å². The summed E-state index contributed by atoms with van der Waals surface area (Å²) < 4.78 is 38.6. The molecule has 3 aromatic rings. The first kappa shape index (κ1) is 22.6. The fourth-order valence-corrected chi connectivity index (χ4v) is 4.38. The smallest absolute Gasteiger partial charge is 0.342 e. The highest BCUT2D eigenvalue weighted by atomic mass is 19.4. The fourth-order valence-electron chi connectivity index (χ4n) is 4.38. The maximum absolute atomic E-state index is 12.9. The van der Waals surface area contributed by atoms with Crippen LogP contribution in [0.4, 0.5) is 13.2 Å². The predicted octanol–water partition coefficient (Wildman–Crippen LogP) is 5.17. The van der Waals surface area contributed by atoms with Crippen LogP contribution < -0.4 is 10.6 Å². The zero-order valence-electron chi connectivity index (χ0n) is 18.4. The van der Waals surface area contributed by atoms with E-state index in [2.05, 4.69) is 46.8 Å². The maximum Gasteiger partial charge on any atom is 0.416 e. The number of nitrogens with one attached hydrogen (secondary N) is 3. The van der Waals surface area contributed by atoms with Gasteiger partial charge in [0, 0.05) is 29.8 Å². The molecule has 1 saturated heterocycles. The van der Waals surface area contributed by atoms with Crippen molar-refractivity contribution < 1.29 is 13.2 Å². The number of aromatic amines is 1. The molecule has 1 aromatic heterocycles. The van der Waals surface area contributed by atoms with Crippen LogP contribution in [0.1, 0.15) is 40.9 Å². The summed E-state index contributed by atoms with van der Waals surface area (Å²) in [5.41, 5.74) is 4.33. The van der Waals surface area contributed by atoms with Gasteiger partial charge in [0.15, 0.2) is 0 Å². The monoisotopic (exact) mass is 442 g/mol. The summed E-state index contributed by atoms with van der Waals surface area (Å²) in [6.45, 7) is 6.74. The van der Waals surface area contributed by atoms with Crippen molar-refractivity contribution in [2.24, 2.45) is 0 Å². The molecule has 3 N–H and O–H groups in total. The largest absolute Gasteiger partial charge is 0.416 e. The molecule has 1 aliphatic heterocycles. The molecule has 0 atom stereocenters. The standard InChI is InChI=1S/C25H29F3N4/c1-17-4-3-5-19(14-17)16-30-24(10-12-29-13-11-24)15-22-18(2)31-23(32-22)20-6-8-21(9-7-20)25(26,27)28/h3-9,14,29-30H,10-13,15-16H2,1-2H3,(H,31,32). The number of aryl methyl sites for hydroxylation is 2. The molecule has 7 heteroatoms. The van der Waals surface area contributed by atoms with E-state index in [-0.39, 0.29) is 5.54 Å². The Balaban J connectivity index is 1.53. The lowest BCUT2D eigenvalue weighted by molar-refractivity contribution is -0.137. The number of rotatable bonds is 6. The minimum Gasteiger partial charge on any atom is -0.342 e. The third kappa shape index (κ3) is 5.22. The molecule has 0 spiro atoms. The molecule has 1 aliphatic rings. The van der Waals surface area contributed by atoms with E-state index in [1.807, 2.05) is 6.92 Å². The van der Waals surface area contributed by atoms with E-state index in [0.29, 0.717) is 11.4 Å². The van der Waals surface area contributed by atoms with Crippen LogP contribution in [-0.2, 0) is 19.1 Å². The maximum atomic E-state index is 12.9. The number of benzene rings is 2. The van der Waals surface area contributed by atoms with Crippen LogP contribution in [0.2, 0.25) is 0 Å². The summed E-state index contributed by atoms with van der Waals surface area (Å²) in [6.07, 6.45) is -1.60. The molecule has 170 valence electrons. The number of hydrogen-bond acceptors (Lipinski definition) is 3. The summed E-state index contributed by atoms with van der Waals surface area (Å²) in [7, 11) is 0. The highest BCUT2D eigenvalue weighted by Gasteiger charge is 2.33. The third-order valence-electron chi connectivity index (χ3n) is 6.29. The summed E-state index contributed by atoms with van der Waals surface area (Å²) >= 11 is 0. The molecule has 4 nitrogen and oxygen atoms in total. The average molecular weight is 443 g/mol. The zero-order chi connectivity index (χ0) is 22.8. The van der Waals surface area contributed by atoms with Crippen molar-refractivity contribution in [3.8, 4) is 11.4 Å². The second-order valence-electron chi connectivity index (χ2n) is 8.78. The van der Waals surface area contributed by atoms with E-state index >= 15 is 0 Å². The number of H-pyrrole nitrogens is 1. The van der Waals surface area contributed by atoms with Gasteiger partial charge in [0.1, 0.15) is 5.82 Å². The summed E-state index contributed by atoms with van der Waals surface area (Å²) in [5.74, 6) is 0.606. The quantitative estimate of drug-likeness (QED) is 0.494. The van der Waals surface area contributed by atoms with Crippen molar-refractivity contribution in [3.05, 3.63) is 76.6 Å². The molecule has 2 aromatic carbocycles. The van der Waals surface area contributed by atoms with Crippen LogP contribution in [0, 0.1) is 13.8 Å². The van der Waals surface area contributed by atoms with Gasteiger partial charge in [0.25, 0.3) is 0 Å². The lowest BCUT2D eigenvalue weighted by Crippen LogP contribution is -2.53. The van der Waals surface area contributed by atoms with E-state index in [0.717, 1.165) is 62.4 Å². The van der Waals surface area contributed by atoms with Crippen molar-refractivity contribution in [3.63, 3.8) is 0 Å². The Morgan fingerprint density at radius 1 is 1.03 bits per heavy atom. The molecule has 0 saturated carbocycles. The first-order chi connectivity index (χ1) is 15.2. The molecule has 1 fully saturated rings. The Labute approximate surface area is 186 Å². The Bertz CT molecular complexity index is 1050. The predicted molar refractivity (Wildman–Crippen MR) is 120 cm³/mol. The van der Waals surface area contributed by atoms with E-state index in [9.17, 15) is 13.2 Å². The molecular formula is C25H29F3N4. The molecule has 0 amide bonds. The minimum absolute atomic E-state index is 0.0770. The van der Waals surface area contributed by atoms with Gasteiger partial charge in [-0.2, -0.15) is 13.2 Å². The number of alkyl halides is 3. The van der Waals surface area contributed by atoms with Crippen molar-refractivity contribution in [1.29, 1.82) is 0 Å². The van der Waals surface area contributed by atoms with Gasteiger partial charge in [0.2, 0.25) is 0 Å². The fraction of sp³-hybridized carbons (Fsp3) is 0.400. The van der Waals surface area contributed by atoms with Crippen molar-refractivity contribution >= 4 is 0 Å². The Kier molecular flexibility index (Phi) is 6.40. The summed E-state index contributed by atoms with van der Waals surface area (Å²) in [5, 5.41) is 7.24. The zero-order valence-corrected chi connectivity index (χ0v) is 18.4. The molecule has 0 aliphatic carbocycles. The average Bonchev–Trinajstić information content (AvgIpc) is 3.12.